The molecule has 8 heteroatoms. The van der Waals surface area contributed by atoms with Crippen LogP contribution in [0.15, 0.2) is 41.5 Å². The Hall–Kier alpha value is -2.74. The molecule has 1 aliphatic rings. The van der Waals surface area contributed by atoms with Crippen LogP contribution in [0.2, 0.25) is 0 Å². The molecule has 0 aromatic carbocycles. The van der Waals surface area contributed by atoms with Gasteiger partial charge in [-0.1, -0.05) is 0 Å². The van der Waals surface area contributed by atoms with Gasteiger partial charge in [-0.05, 0) is 18.6 Å². The van der Waals surface area contributed by atoms with Gasteiger partial charge < -0.3 is 18.5 Å². The molecule has 4 rings (SSSR count). The van der Waals surface area contributed by atoms with E-state index in [2.05, 4.69) is 20.2 Å². The number of hydrogen-bond acceptors (Lipinski definition) is 7. The number of methoxy groups -OCH3 is 1. The lowest BCUT2D eigenvalue weighted by molar-refractivity contribution is 0.0642. The molecule has 4 heterocycles. The Balaban J connectivity index is 1.57. The Labute approximate surface area is 138 Å². The molecular formula is C16H17N5O3. The molecule has 24 heavy (non-hydrogen) atoms. The number of hydrogen-bond donors (Lipinski definition) is 0. The van der Waals surface area contributed by atoms with Gasteiger partial charge in [-0.15, -0.1) is 10.2 Å². The summed E-state index contributed by atoms with van der Waals surface area (Å²) in [5.74, 6) is 1.59. The molecule has 3 aromatic heterocycles. The molecule has 0 amide bonds. The second kappa shape index (κ2) is 6.40. The van der Waals surface area contributed by atoms with Crippen molar-refractivity contribution in [3.05, 3.63) is 42.9 Å². The molecule has 124 valence electrons. The van der Waals surface area contributed by atoms with Gasteiger partial charge in [0.25, 0.3) is 5.89 Å². The molecule has 1 fully saturated rings. The van der Waals surface area contributed by atoms with Gasteiger partial charge in [0.15, 0.2) is 0 Å². The number of ether oxygens (including phenoxy) is 2. The summed E-state index contributed by atoms with van der Waals surface area (Å²) in [5.41, 5.74) is 0.669. The van der Waals surface area contributed by atoms with E-state index in [-0.39, 0.29) is 12.0 Å². The molecule has 0 spiro atoms. The number of aromatic nitrogens is 5. The summed E-state index contributed by atoms with van der Waals surface area (Å²) in [5, 5.41) is 8.31. The molecule has 0 unspecified atom stereocenters. The number of nitrogens with zero attached hydrogens (tertiary/aromatic N) is 5. The minimum absolute atomic E-state index is 0.212. The van der Waals surface area contributed by atoms with Gasteiger partial charge >= 0.3 is 0 Å². The van der Waals surface area contributed by atoms with E-state index in [1.807, 2.05) is 16.8 Å². The summed E-state index contributed by atoms with van der Waals surface area (Å²) in [6, 6.07) is 3.64. The van der Waals surface area contributed by atoms with Crippen LogP contribution < -0.4 is 4.74 Å². The molecule has 2 atom stereocenters. The van der Waals surface area contributed by atoms with Gasteiger partial charge in [0, 0.05) is 37.7 Å². The van der Waals surface area contributed by atoms with Gasteiger partial charge in [0.1, 0.15) is 11.7 Å². The fourth-order valence-electron chi connectivity index (χ4n) is 2.93. The number of rotatable bonds is 5. The Bertz CT molecular complexity index is 802. The lowest BCUT2D eigenvalue weighted by atomic mass is 10.0. The van der Waals surface area contributed by atoms with Crippen LogP contribution in [0.4, 0.5) is 0 Å². The zero-order valence-electron chi connectivity index (χ0n) is 13.2. The summed E-state index contributed by atoms with van der Waals surface area (Å²) in [7, 11) is 1.56. The highest BCUT2D eigenvalue weighted by atomic mass is 16.5. The maximum Gasteiger partial charge on any atom is 0.253 e. The first-order valence-electron chi connectivity index (χ1n) is 7.75. The second-order valence-electron chi connectivity index (χ2n) is 5.61. The molecule has 3 aromatic rings. The van der Waals surface area contributed by atoms with E-state index in [1.165, 1.54) is 0 Å². The molecule has 0 bridgehead atoms. The zero-order chi connectivity index (χ0) is 16.4. The SMILES string of the molecule is COc1ncccc1-c1nnc([C@H]2OCC[C@H]2Cn2ccnc2)o1. The smallest absolute Gasteiger partial charge is 0.253 e. The van der Waals surface area contributed by atoms with Gasteiger partial charge in [-0.3, -0.25) is 0 Å². The third kappa shape index (κ3) is 2.76. The summed E-state index contributed by atoms with van der Waals surface area (Å²) < 4.78 is 19.0. The summed E-state index contributed by atoms with van der Waals surface area (Å²) in [4.78, 5) is 8.23. The molecule has 0 N–H and O–H groups in total. The van der Waals surface area contributed by atoms with Crippen molar-refractivity contribution < 1.29 is 13.9 Å². The number of imidazole rings is 1. The first-order chi connectivity index (χ1) is 11.8. The molecular weight excluding hydrogens is 310 g/mol. The fraction of sp³-hybridized carbons (Fsp3) is 0.375. The third-order valence-electron chi connectivity index (χ3n) is 4.10. The van der Waals surface area contributed by atoms with Gasteiger partial charge in [0.2, 0.25) is 11.8 Å². The van der Waals surface area contributed by atoms with Gasteiger partial charge in [-0.2, -0.15) is 0 Å². The normalized spacial score (nSPS) is 20.4. The van der Waals surface area contributed by atoms with Crippen molar-refractivity contribution in [2.75, 3.05) is 13.7 Å². The maximum atomic E-state index is 5.85. The molecule has 0 radical (unpaired) electrons. The summed E-state index contributed by atoms with van der Waals surface area (Å²) >= 11 is 0. The van der Waals surface area contributed by atoms with E-state index in [9.17, 15) is 0 Å². The van der Waals surface area contributed by atoms with Gasteiger partial charge in [0.05, 0.1) is 13.4 Å². The lowest BCUT2D eigenvalue weighted by Gasteiger charge is -2.15. The predicted molar refractivity (Wildman–Crippen MR) is 83.1 cm³/mol. The van der Waals surface area contributed by atoms with Crippen molar-refractivity contribution in [3.8, 4) is 17.3 Å². The summed E-state index contributed by atoms with van der Waals surface area (Å²) in [6.45, 7) is 1.48. The van der Waals surface area contributed by atoms with E-state index in [0.717, 1.165) is 13.0 Å². The van der Waals surface area contributed by atoms with Crippen LogP contribution in [0.5, 0.6) is 5.88 Å². The average molecular weight is 327 g/mol. The maximum absolute atomic E-state index is 5.85. The molecule has 0 saturated carbocycles. The van der Waals surface area contributed by atoms with E-state index in [4.69, 9.17) is 13.9 Å². The topological polar surface area (TPSA) is 88.1 Å². The lowest BCUT2D eigenvalue weighted by Crippen LogP contribution is -2.14. The highest BCUT2D eigenvalue weighted by Crippen LogP contribution is 2.36. The largest absolute Gasteiger partial charge is 0.480 e. The van der Waals surface area contributed by atoms with Crippen LogP contribution in [-0.2, 0) is 11.3 Å². The molecule has 8 nitrogen and oxygen atoms in total. The standard InChI is InChI=1S/C16H17N5O3/c1-22-14-12(3-2-5-18-14)15-19-20-16(24-15)13-11(4-8-23-13)9-21-7-6-17-10-21/h2-3,5-7,10-11,13H,4,8-9H2,1H3/t11-,13-/m0/s1. The van der Waals surface area contributed by atoms with Crippen molar-refractivity contribution in [2.45, 2.75) is 19.1 Å². The van der Waals surface area contributed by atoms with Crippen LogP contribution in [0, 0.1) is 5.92 Å². The number of pyridine rings is 1. The van der Waals surface area contributed by atoms with E-state index in [1.54, 1.807) is 31.9 Å². The van der Waals surface area contributed by atoms with Crippen molar-refractivity contribution >= 4 is 0 Å². The Morgan fingerprint density at radius 1 is 1.33 bits per heavy atom. The minimum atomic E-state index is -0.212. The van der Waals surface area contributed by atoms with Crippen LogP contribution in [0.3, 0.4) is 0 Å². The quantitative estimate of drug-likeness (QED) is 0.709. The van der Waals surface area contributed by atoms with Crippen LogP contribution >= 0.6 is 0 Å². The Morgan fingerprint density at radius 3 is 3.12 bits per heavy atom. The van der Waals surface area contributed by atoms with Crippen LogP contribution in [0.25, 0.3) is 11.5 Å². The highest BCUT2D eigenvalue weighted by molar-refractivity contribution is 5.59. The third-order valence-corrected chi connectivity index (χ3v) is 4.10. The van der Waals surface area contributed by atoms with E-state index in [0.29, 0.717) is 29.8 Å². The molecule has 0 aliphatic carbocycles. The summed E-state index contributed by atoms with van der Waals surface area (Å²) in [6.07, 6.45) is 7.89. The van der Waals surface area contributed by atoms with E-state index >= 15 is 0 Å². The Morgan fingerprint density at radius 2 is 2.29 bits per heavy atom. The predicted octanol–water partition coefficient (Wildman–Crippen LogP) is 2.11. The molecule has 1 saturated heterocycles. The molecule has 1 aliphatic heterocycles. The van der Waals surface area contributed by atoms with Crippen molar-refractivity contribution in [1.82, 2.24) is 24.7 Å². The second-order valence-corrected chi connectivity index (χ2v) is 5.61. The monoisotopic (exact) mass is 327 g/mol. The minimum Gasteiger partial charge on any atom is -0.480 e. The van der Waals surface area contributed by atoms with Crippen LogP contribution in [0.1, 0.15) is 18.4 Å². The van der Waals surface area contributed by atoms with Crippen molar-refractivity contribution in [2.24, 2.45) is 5.92 Å². The average Bonchev–Trinajstić information content (AvgIpc) is 3.36. The highest BCUT2D eigenvalue weighted by Gasteiger charge is 2.34. The van der Waals surface area contributed by atoms with Crippen LogP contribution in [-0.4, -0.2) is 38.4 Å². The van der Waals surface area contributed by atoms with E-state index < -0.39 is 0 Å². The first-order valence-corrected chi connectivity index (χ1v) is 7.75. The first kappa shape index (κ1) is 14.8. The van der Waals surface area contributed by atoms with Crippen molar-refractivity contribution in [3.63, 3.8) is 0 Å². The van der Waals surface area contributed by atoms with Gasteiger partial charge in [-0.25, -0.2) is 9.97 Å². The van der Waals surface area contributed by atoms with Crippen molar-refractivity contribution in [1.29, 1.82) is 0 Å². The Kier molecular flexibility index (Phi) is 3.96. The fourth-order valence-corrected chi connectivity index (χ4v) is 2.93. The zero-order valence-corrected chi connectivity index (χ0v) is 13.2.